The number of aromatic nitrogens is 2. The van der Waals surface area contributed by atoms with Crippen LogP contribution < -0.4 is 16.4 Å². The Kier molecular flexibility index (Phi) is 4.24. The van der Waals surface area contributed by atoms with Gasteiger partial charge in [-0.2, -0.15) is 0 Å². The molecule has 1 heterocycles. The molecule has 1 aliphatic rings. The lowest BCUT2D eigenvalue weighted by molar-refractivity contribution is 0.405. The van der Waals surface area contributed by atoms with Crippen molar-refractivity contribution in [3.05, 3.63) is 11.9 Å². The summed E-state index contributed by atoms with van der Waals surface area (Å²) in [5.74, 6) is 2.58. The average molecular weight is 263 g/mol. The highest BCUT2D eigenvalue weighted by molar-refractivity contribution is 5.48. The highest BCUT2D eigenvalue weighted by Crippen LogP contribution is 2.23. The number of nitrogens with zero attached hydrogens (tertiary/aromatic N) is 2. The summed E-state index contributed by atoms with van der Waals surface area (Å²) in [4.78, 5) is 8.85. The van der Waals surface area contributed by atoms with Crippen LogP contribution >= 0.6 is 0 Å². The molecule has 2 rings (SSSR count). The topological polar surface area (TPSA) is 75.9 Å². The van der Waals surface area contributed by atoms with Crippen molar-refractivity contribution in [1.82, 2.24) is 9.97 Å². The molecule has 1 fully saturated rings. The van der Waals surface area contributed by atoms with E-state index in [1.165, 1.54) is 19.3 Å². The van der Waals surface area contributed by atoms with Crippen molar-refractivity contribution in [2.45, 2.75) is 46.1 Å². The predicted octanol–water partition coefficient (Wildman–Crippen LogP) is 2.15. The van der Waals surface area contributed by atoms with Crippen molar-refractivity contribution in [2.75, 3.05) is 23.7 Å². The zero-order chi connectivity index (χ0) is 13.9. The lowest BCUT2D eigenvalue weighted by atomic mass is 9.93. The fourth-order valence-corrected chi connectivity index (χ4v) is 1.90. The van der Waals surface area contributed by atoms with Gasteiger partial charge in [0.1, 0.15) is 17.5 Å². The summed E-state index contributed by atoms with van der Waals surface area (Å²) in [6.45, 7) is 7.66. The molecule has 5 nitrogen and oxygen atoms in total. The second-order valence-electron chi connectivity index (χ2n) is 6.18. The van der Waals surface area contributed by atoms with Gasteiger partial charge in [-0.1, -0.05) is 13.8 Å². The fourth-order valence-electron chi connectivity index (χ4n) is 1.90. The van der Waals surface area contributed by atoms with E-state index in [1.807, 2.05) is 13.0 Å². The molecule has 0 aliphatic heterocycles. The van der Waals surface area contributed by atoms with Crippen molar-refractivity contribution in [3.8, 4) is 0 Å². The number of rotatable bonds is 6. The van der Waals surface area contributed by atoms with E-state index in [9.17, 15) is 0 Å². The van der Waals surface area contributed by atoms with Gasteiger partial charge in [0.05, 0.1) is 0 Å². The van der Waals surface area contributed by atoms with Crippen molar-refractivity contribution in [1.29, 1.82) is 0 Å². The number of nitrogens with two attached hydrogens (primary N) is 1. The lowest BCUT2D eigenvalue weighted by Crippen LogP contribution is -2.31. The highest BCUT2D eigenvalue weighted by Gasteiger charge is 2.18. The zero-order valence-electron chi connectivity index (χ0n) is 12.2. The van der Waals surface area contributed by atoms with Gasteiger partial charge in [-0.15, -0.1) is 0 Å². The van der Waals surface area contributed by atoms with Crippen LogP contribution in [0.2, 0.25) is 0 Å². The summed E-state index contributed by atoms with van der Waals surface area (Å²) < 4.78 is 0. The first-order valence-corrected chi connectivity index (χ1v) is 7.05. The molecule has 0 spiro atoms. The molecule has 19 heavy (non-hydrogen) atoms. The van der Waals surface area contributed by atoms with Crippen molar-refractivity contribution in [3.63, 3.8) is 0 Å². The molecule has 0 atom stereocenters. The van der Waals surface area contributed by atoms with Crippen LogP contribution in [0.25, 0.3) is 0 Å². The molecule has 1 saturated carbocycles. The Morgan fingerprint density at radius 1 is 1.32 bits per heavy atom. The first-order chi connectivity index (χ1) is 8.98. The maximum Gasteiger partial charge on any atom is 0.132 e. The van der Waals surface area contributed by atoms with Gasteiger partial charge in [-0.25, -0.2) is 9.97 Å². The Balaban J connectivity index is 1.99. The van der Waals surface area contributed by atoms with Crippen LogP contribution in [-0.2, 0) is 0 Å². The number of nitrogens with one attached hydrogen (secondary N) is 2. The summed E-state index contributed by atoms with van der Waals surface area (Å²) in [5.41, 5.74) is 5.81. The Hall–Kier alpha value is -1.36. The van der Waals surface area contributed by atoms with E-state index in [-0.39, 0.29) is 5.41 Å². The van der Waals surface area contributed by atoms with Gasteiger partial charge in [0.25, 0.3) is 0 Å². The number of anilines is 2. The Bertz CT molecular complexity index is 426. The summed E-state index contributed by atoms with van der Waals surface area (Å²) in [6, 6.07) is 2.57. The van der Waals surface area contributed by atoms with Crippen molar-refractivity contribution >= 4 is 11.6 Å². The van der Waals surface area contributed by atoms with Gasteiger partial charge >= 0.3 is 0 Å². The maximum absolute atomic E-state index is 5.74. The molecule has 0 unspecified atom stereocenters. The smallest absolute Gasteiger partial charge is 0.132 e. The molecule has 0 saturated heterocycles. The van der Waals surface area contributed by atoms with Crippen LogP contribution in [-0.4, -0.2) is 29.1 Å². The van der Waals surface area contributed by atoms with E-state index >= 15 is 0 Å². The van der Waals surface area contributed by atoms with Crippen molar-refractivity contribution < 1.29 is 0 Å². The van der Waals surface area contributed by atoms with Gasteiger partial charge in [0.15, 0.2) is 0 Å². The number of hydrogen-bond acceptors (Lipinski definition) is 5. The largest absolute Gasteiger partial charge is 0.369 e. The van der Waals surface area contributed by atoms with Gasteiger partial charge < -0.3 is 16.4 Å². The molecule has 1 aromatic rings. The van der Waals surface area contributed by atoms with Gasteiger partial charge in [0.2, 0.25) is 0 Å². The van der Waals surface area contributed by atoms with Crippen LogP contribution in [0.15, 0.2) is 6.07 Å². The molecule has 0 radical (unpaired) electrons. The molecule has 4 N–H and O–H groups in total. The monoisotopic (exact) mass is 263 g/mol. The zero-order valence-corrected chi connectivity index (χ0v) is 12.2. The van der Waals surface area contributed by atoms with Gasteiger partial charge in [0, 0.05) is 18.7 Å². The maximum atomic E-state index is 5.74. The third-order valence-corrected chi connectivity index (χ3v) is 3.60. The van der Waals surface area contributed by atoms with Crippen LogP contribution in [0.5, 0.6) is 0 Å². The first-order valence-electron chi connectivity index (χ1n) is 7.05. The minimum Gasteiger partial charge on any atom is -0.369 e. The summed E-state index contributed by atoms with van der Waals surface area (Å²) in [5, 5.41) is 6.81. The Labute approximate surface area is 115 Å². The minimum absolute atomic E-state index is 0.0699. The summed E-state index contributed by atoms with van der Waals surface area (Å²) in [7, 11) is 0. The Morgan fingerprint density at radius 2 is 2.00 bits per heavy atom. The van der Waals surface area contributed by atoms with Crippen LogP contribution in [0.4, 0.5) is 11.6 Å². The van der Waals surface area contributed by atoms with Crippen LogP contribution in [0.1, 0.15) is 38.9 Å². The van der Waals surface area contributed by atoms with Gasteiger partial charge in [-0.05, 0) is 38.1 Å². The second kappa shape index (κ2) is 5.74. The third-order valence-electron chi connectivity index (χ3n) is 3.60. The molecule has 106 valence electrons. The Morgan fingerprint density at radius 3 is 2.58 bits per heavy atom. The second-order valence-corrected chi connectivity index (χ2v) is 6.18. The first kappa shape index (κ1) is 14.1. The molecule has 1 aromatic heterocycles. The third kappa shape index (κ3) is 4.06. The lowest BCUT2D eigenvalue weighted by Gasteiger charge is -2.27. The van der Waals surface area contributed by atoms with E-state index in [4.69, 9.17) is 5.73 Å². The number of aryl methyl sites for hydroxylation is 1. The standard InChI is InChI=1S/C14H25N5/c1-10-17-12(16-9-14(2,3)8-15)7-13(18-10)19-11-5-4-6-11/h7,11H,4-6,8-9,15H2,1-3H3,(H2,16,17,18,19). The molecule has 0 bridgehead atoms. The van der Waals surface area contributed by atoms with Crippen LogP contribution in [0.3, 0.4) is 0 Å². The van der Waals surface area contributed by atoms with Gasteiger partial charge in [-0.3, -0.25) is 0 Å². The van der Waals surface area contributed by atoms with E-state index < -0.39 is 0 Å². The SMILES string of the molecule is Cc1nc(NCC(C)(C)CN)cc(NC2CCC2)n1. The van der Waals surface area contributed by atoms with E-state index in [2.05, 4.69) is 34.4 Å². The van der Waals surface area contributed by atoms with Crippen molar-refractivity contribution in [2.24, 2.45) is 11.1 Å². The summed E-state index contributed by atoms with van der Waals surface area (Å²) in [6.07, 6.45) is 3.80. The molecule has 0 aromatic carbocycles. The quantitative estimate of drug-likeness (QED) is 0.733. The summed E-state index contributed by atoms with van der Waals surface area (Å²) >= 11 is 0. The molecule has 5 heteroatoms. The van der Waals surface area contributed by atoms with Crippen LogP contribution in [0, 0.1) is 12.3 Å². The van der Waals surface area contributed by atoms with E-state index in [0.29, 0.717) is 12.6 Å². The molecular weight excluding hydrogens is 238 g/mol. The fraction of sp³-hybridized carbons (Fsp3) is 0.714. The molecule has 1 aliphatic carbocycles. The molecule has 0 amide bonds. The number of hydrogen-bond donors (Lipinski definition) is 3. The predicted molar refractivity (Wildman–Crippen MR) is 79.4 cm³/mol. The molecular formula is C14H25N5. The van der Waals surface area contributed by atoms with E-state index in [1.54, 1.807) is 0 Å². The average Bonchev–Trinajstić information content (AvgIpc) is 2.31. The minimum atomic E-state index is 0.0699. The van der Waals surface area contributed by atoms with E-state index in [0.717, 1.165) is 24.0 Å². The normalized spacial score (nSPS) is 16.0. The highest BCUT2D eigenvalue weighted by atomic mass is 15.1.